The van der Waals surface area contributed by atoms with E-state index >= 15 is 0 Å². The van der Waals surface area contributed by atoms with Gasteiger partial charge in [0.25, 0.3) is 0 Å². The summed E-state index contributed by atoms with van der Waals surface area (Å²) >= 11 is 0. The van der Waals surface area contributed by atoms with E-state index in [1.54, 1.807) is 25.1 Å². The van der Waals surface area contributed by atoms with Gasteiger partial charge in [-0.1, -0.05) is 18.2 Å². The van der Waals surface area contributed by atoms with Gasteiger partial charge in [-0.15, -0.1) is 0 Å². The second kappa shape index (κ2) is 9.68. The molecule has 0 unspecified atom stereocenters. The number of carbonyl (C=O) groups excluding carboxylic acids is 3. The Bertz CT molecular complexity index is 1240. The zero-order valence-electron chi connectivity index (χ0n) is 18.5. The Morgan fingerprint density at radius 3 is 2.73 bits per heavy atom. The van der Waals surface area contributed by atoms with Crippen LogP contribution in [0.1, 0.15) is 40.5 Å². The van der Waals surface area contributed by atoms with Gasteiger partial charge in [0.05, 0.1) is 23.4 Å². The maximum atomic E-state index is 12.6. The van der Waals surface area contributed by atoms with Crippen LogP contribution >= 0.6 is 0 Å². The molecule has 8 heteroatoms. The summed E-state index contributed by atoms with van der Waals surface area (Å²) < 4.78 is 16.1. The molecule has 1 amide bonds. The molecule has 0 atom stereocenters. The van der Waals surface area contributed by atoms with Crippen molar-refractivity contribution in [1.29, 1.82) is 0 Å². The first-order valence-corrected chi connectivity index (χ1v) is 10.7. The van der Waals surface area contributed by atoms with Crippen molar-refractivity contribution in [2.75, 3.05) is 18.5 Å². The molecule has 0 saturated carbocycles. The molecule has 1 aliphatic rings. The van der Waals surface area contributed by atoms with E-state index in [-0.39, 0.29) is 25.7 Å². The van der Waals surface area contributed by atoms with Crippen molar-refractivity contribution < 1.29 is 28.6 Å². The van der Waals surface area contributed by atoms with Crippen molar-refractivity contribution in [1.82, 2.24) is 4.98 Å². The van der Waals surface area contributed by atoms with Gasteiger partial charge in [0, 0.05) is 17.5 Å². The molecule has 4 rings (SSSR count). The number of para-hydroxylation sites is 1. The quantitative estimate of drug-likeness (QED) is 0.549. The van der Waals surface area contributed by atoms with Gasteiger partial charge in [-0.2, -0.15) is 0 Å². The van der Waals surface area contributed by atoms with Crippen molar-refractivity contribution in [3.63, 3.8) is 0 Å². The van der Waals surface area contributed by atoms with Crippen LogP contribution in [0.15, 0.2) is 42.5 Å². The SMILES string of the molecule is CCOC(=O)c1c(COC(=O)COc2ccc3c(c2)CCC(=O)N3)nc2ccccc2c1C. The molecule has 170 valence electrons. The summed E-state index contributed by atoms with van der Waals surface area (Å²) in [4.78, 5) is 40.9. The molecule has 0 radical (unpaired) electrons. The summed E-state index contributed by atoms with van der Waals surface area (Å²) in [5.41, 5.74) is 3.78. The molecular weight excluding hydrogens is 424 g/mol. The van der Waals surface area contributed by atoms with Crippen LogP contribution in [-0.2, 0) is 32.1 Å². The second-order valence-electron chi connectivity index (χ2n) is 7.61. The van der Waals surface area contributed by atoms with Crippen LogP contribution in [0.5, 0.6) is 5.75 Å². The monoisotopic (exact) mass is 448 g/mol. The van der Waals surface area contributed by atoms with Crippen molar-refractivity contribution in [2.24, 2.45) is 0 Å². The minimum atomic E-state index is -0.594. The third-order valence-electron chi connectivity index (χ3n) is 5.41. The number of fused-ring (bicyclic) bond motifs is 2. The standard InChI is InChI=1S/C25H24N2O6/c1-3-31-25(30)24-15(2)18-6-4-5-7-20(18)26-21(24)13-33-23(29)14-32-17-9-10-19-16(12-17)8-11-22(28)27-19/h4-7,9-10,12H,3,8,11,13-14H2,1-2H3,(H,27,28). The zero-order chi connectivity index (χ0) is 23.4. The number of hydrogen-bond acceptors (Lipinski definition) is 7. The largest absolute Gasteiger partial charge is 0.482 e. The van der Waals surface area contributed by atoms with E-state index in [1.165, 1.54) is 0 Å². The van der Waals surface area contributed by atoms with E-state index in [9.17, 15) is 14.4 Å². The molecule has 0 aliphatic carbocycles. The molecule has 33 heavy (non-hydrogen) atoms. The fourth-order valence-corrected chi connectivity index (χ4v) is 3.80. The Kier molecular flexibility index (Phi) is 6.53. The minimum Gasteiger partial charge on any atom is -0.482 e. The van der Waals surface area contributed by atoms with Crippen molar-refractivity contribution in [3.8, 4) is 5.75 Å². The molecule has 2 aromatic carbocycles. The highest BCUT2D eigenvalue weighted by Gasteiger charge is 2.21. The Balaban J connectivity index is 1.44. The number of hydrogen-bond donors (Lipinski definition) is 1. The fraction of sp³-hybridized carbons (Fsp3) is 0.280. The average molecular weight is 448 g/mol. The Labute approximate surface area is 190 Å². The highest BCUT2D eigenvalue weighted by atomic mass is 16.6. The number of esters is 2. The number of rotatable bonds is 7. The van der Waals surface area contributed by atoms with Gasteiger partial charge < -0.3 is 19.5 Å². The van der Waals surface area contributed by atoms with E-state index in [2.05, 4.69) is 10.3 Å². The van der Waals surface area contributed by atoms with Crippen molar-refractivity contribution >= 4 is 34.4 Å². The topological polar surface area (TPSA) is 104 Å². The van der Waals surface area contributed by atoms with Crippen LogP contribution in [0, 0.1) is 6.92 Å². The fourth-order valence-electron chi connectivity index (χ4n) is 3.80. The molecular formula is C25H24N2O6. The number of ether oxygens (including phenoxy) is 3. The minimum absolute atomic E-state index is 0.0144. The Morgan fingerprint density at radius 2 is 1.91 bits per heavy atom. The van der Waals surface area contributed by atoms with E-state index in [4.69, 9.17) is 14.2 Å². The summed E-state index contributed by atoms with van der Waals surface area (Å²) in [6.07, 6.45) is 1.03. The van der Waals surface area contributed by atoms with Gasteiger partial charge >= 0.3 is 11.9 Å². The van der Waals surface area contributed by atoms with Gasteiger partial charge in [-0.25, -0.2) is 14.6 Å². The van der Waals surface area contributed by atoms with Crippen LogP contribution in [0.3, 0.4) is 0 Å². The molecule has 0 spiro atoms. The molecule has 0 saturated heterocycles. The van der Waals surface area contributed by atoms with Gasteiger partial charge in [-0.05, 0) is 55.7 Å². The number of nitrogens with zero attached hydrogens (tertiary/aromatic N) is 1. The van der Waals surface area contributed by atoms with E-state index in [1.807, 2.05) is 31.2 Å². The first kappa shape index (κ1) is 22.3. The third kappa shape index (κ3) is 4.95. The number of anilines is 1. The van der Waals surface area contributed by atoms with Crippen LogP contribution in [0.4, 0.5) is 5.69 Å². The average Bonchev–Trinajstić information content (AvgIpc) is 2.81. The summed E-state index contributed by atoms with van der Waals surface area (Å²) in [7, 11) is 0. The summed E-state index contributed by atoms with van der Waals surface area (Å²) in [6.45, 7) is 3.30. The molecule has 0 fully saturated rings. The van der Waals surface area contributed by atoms with E-state index in [0.717, 1.165) is 22.2 Å². The Morgan fingerprint density at radius 1 is 1.09 bits per heavy atom. The Hall–Kier alpha value is -3.94. The van der Waals surface area contributed by atoms with Gasteiger partial charge in [0.2, 0.25) is 5.91 Å². The smallest absolute Gasteiger partial charge is 0.344 e. The normalized spacial score (nSPS) is 12.6. The summed E-state index contributed by atoms with van der Waals surface area (Å²) in [6, 6.07) is 12.7. The highest BCUT2D eigenvalue weighted by Crippen LogP contribution is 2.27. The molecule has 0 bridgehead atoms. The maximum Gasteiger partial charge on any atom is 0.344 e. The maximum absolute atomic E-state index is 12.6. The second-order valence-corrected chi connectivity index (χ2v) is 7.61. The van der Waals surface area contributed by atoms with Crippen LogP contribution in [0.25, 0.3) is 10.9 Å². The van der Waals surface area contributed by atoms with E-state index in [0.29, 0.717) is 35.4 Å². The van der Waals surface area contributed by atoms with Gasteiger partial charge in [0.15, 0.2) is 6.61 Å². The number of aromatic nitrogens is 1. The molecule has 1 aromatic heterocycles. The van der Waals surface area contributed by atoms with Crippen molar-refractivity contribution in [2.45, 2.75) is 33.3 Å². The number of amides is 1. The summed E-state index contributed by atoms with van der Waals surface area (Å²) in [5.74, 6) is -0.603. The predicted octanol–water partition coefficient (Wildman–Crippen LogP) is 3.73. The van der Waals surface area contributed by atoms with Gasteiger partial charge in [-0.3, -0.25) is 4.79 Å². The van der Waals surface area contributed by atoms with Crippen LogP contribution in [0.2, 0.25) is 0 Å². The number of aryl methyl sites for hydroxylation is 2. The van der Waals surface area contributed by atoms with E-state index < -0.39 is 11.9 Å². The van der Waals surface area contributed by atoms with Crippen LogP contribution in [-0.4, -0.2) is 36.0 Å². The number of pyridine rings is 1. The zero-order valence-corrected chi connectivity index (χ0v) is 18.5. The lowest BCUT2D eigenvalue weighted by Gasteiger charge is -2.17. The van der Waals surface area contributed by atoms with Gasteiger partial charge in [0.1, 0.15) is 12.4 Å². The number of nitrogens with one attached hydrogen (secondary N) is 1. The molecule has 3 aromatic rings. The predicted molar refractivity (Wildman–Crippen MR) is 121 cm³/mol. The lowest BCUT2D eigenvalue weighted by atomic mass is 10.0. The number of benzene rings is 2. The lowest BCUT2D eigenvalue weighted by molar-refractivity contribution is -0.147. The molecule has 1 N–H and O–H groups in total. The van der Waals surface area contributed by atoms with Crippen LogP contribution < -0.4 is 10.1 Å². The molecule has 8 nitrogen and oxygen atoms in total. The molecule has 1 aliphatic heterocycles. The summed E-state index contributed by atoms with van der Waals surface area (Å²) in [5, 5.41) is 3.64. The highest BCUT2D eigenvalue weighted by molar-refractivity contribution is 5.98. The number of carbonyl (C=O) groups is 3. The first-order valence-electron chi connectivity index (χ1n) is 10.7. The lowest BCUT2D eigenvalue weighted by Crippen LogP contribution is -2.19. The van der Waals surface area contributed by atoms with Crippen molar-refractivity contribution in [3.05, 3.63) is 64.8 Å². The first-order chi connectivity index (χ1) is 16.0. The molecule has 2 heterocycles. The third-order valence-corrected chi connectivity index (χ3v) is 5.41.